The van der Waals surface area contributed by atoms with Crippen LogP contribution in [0.1, 0.15) is 24.2 Å². The van der Waals surface area contributed by atoms with E-state index in [0.29, 0.717) is 37.1 Å². The number of nitrogens with zero attached hydrogens (tertiary/aromatic N) is 3. The number of para-hydroxylation sites is 3. The van der Waals surface area contributed by atoms with E-state index in [2.05, 4.69) is 33.0 Å². The summed E-state index contributed by atoms with van der Waals surface area (Å²) in [5, 5.41) is 17.9. The first-order valence-corrected chi connectivity index (χ1v) is 15.1. The van der Waals surface area contributed by atoms with Crippen molar-refractivity contribution >= 4 is 28.9 Å². The van der Waals surface area contributed by atoms with E-state index in [0.717, 1.165) is 67.1 Å². The molecule has 1 saturated heterocycles. The number of amides is 1. The van der Waals surface area contributed by atoms with Crippen LogP contribution in [-0.4, -0.2) is 82.9 Å². The smallest absolute Gasteiger partial charge is 0.414 e. The topological polar surface area (TPSA) is 152 Å². The molecule has 3 N–H and O–H groups in total. The highest BCUT2D eigenvalue weighted by atomic mass is 16.5. The van der Waals surface area contributed by atoms with Gasteiger partial charge in [0.1, 0.15) is 18.2 Å². The molecule has 0 atom stereocenters. The number of likely N-dealkylation sites (tertiary alicyclic amines) is 1. The number of aliphatic carboxylic acids is 2. The van der Waals surface area contributed by atoms with Gasteiger partial charge in [0.25, 0.3) is 0 Å². The van der Waals surface area contributed by atoms with Crippen LogP contribution in [-0.2, 0) is 34.0 Å². The number of methoxy groups -OCH3 is 2. The third-order valence-corrected chi connectivity index (χ3v) is 7.73. The molecule has 0 spiro atoms. The molecule has 2 heterocycles. The number of carboxylic acids is 2. The van der Waals surface area contributed by atoms with Gasteiger partial charge in [0.05, 0.1) is 31.8 Å². The molecule has 5 rings (SSSR count). The van der Waals surface area contributed by atoms with Crippen LogP contribution >= 0.6 is 0 Å². The number of carbonyl (C=O) groups is 3. The average Bonchev–Trinajstić information content (AvgIpc) is 3.42. The molecule has 12 nitrogen and oxygen atoms in total. The van der Waals surface area contributed by atoms with Crippen molar-refractivity contribution in [3.63, 3.8) is 0 Å². The van der Waals surface area contributed by atoms with Gasteiger partial charge in [0, 0.05) is 13.1 Å². The molecule has 1 aliphatic heterocycles. The Morgan fingerprint density at radius 1 is 0.891 bits per heavy atom. The molecule has 46 heavy (non-hydrogen) atoms. The average molecular weight is 633 g/mol. The molecular formula is C34H40N4O8. The zero-order chi connectivity index (χ0) is 32.9. The summed E-state index contributed by atoms with van der Waals surface area (Å²) in [6.45, 7) is 4.18. The second-order valence-corrected chi connectivity index (χ2v) is 10.8. The van der Waals surface area contributed by atoms with E-state index in [1.165, 1.54) is 0 Å². The fourth-order valence-corrected chi connectivity index (χ4v) is 5.33. The lowest BCUT2D eigenvalue weighted by molar-refractivity contribution is -0.159. The maximum atomic E-state index is 12.6. The first-order chi connectivity index (χ1) is 22.3. The van der Waals surface area contributed by atoms with Crippen LogP contribution in [0.2, 0.25) is 0 Å². The van der Waals surface area contributed by atoms with E-state index in [9.17, 15) is 4.79 Å². The van der Waals surface area contributed by atoms with E-state index in [-0.39, 0.29) is 5.91 Å². The lowest BCUT2D eigenvalue weighted by Gasteiger charge is -2.32. The van der Waals surface area contributed by atoms with Crippen molar-refractivity contribution in [1.29, 1.82) is 0 Å². The predicted octanol–water partition coefficient (Wildman–Crippen LogP) is 3.86. The molecule has 3 aromatic carbocycles. The Balaban J connectivity index is 0.000000731. The molecule has 1 amide bonds. The van der Waals surface area contributed by atoms with Gasteiger partial charge in [-0.1, -0.05) is 36.4 Å². The molecule has 244 valence electrons. The van der Waals surface area contributed by atoms with E-state index in [4.69, 9.17) is 39.0 Å². The fraction of sp³-hybridized carbons (Fsp3) is 0.353. The van der Waals surface area contributed by atoms with Gasteiger partial charge in [-0.2, -0.15) is 0 Å². The van der Waals surface area contributed by atoms with Gasteiger partial charge in [-0.25, -0.2) is 14.6 Å². The number of carbonyl (C=O) groups excluding carboxylic acids is 1. The molecule has 0 radical (unpaired) electrons. The Bertz CT molecular complexity index is 1590. The molecule has 0 bridgehead atoms. The molecular weight excluding hydrogens is 592 g/mol. The lowest BCUT2D eigenvalue weighted by atomic mass is 9.96. The molecule has 1 fully saturated rings. The molecule has 0 saturated carbocycles. The lowest BCUT2D eigenvalue weighted by Crippen LogP contribution is -2.42. The van der Waals surface area contributed by atoms with E-state index >= 15 is 0 Å². The highest BCUT2D eigenvalue weighted by Gasteiger charge is 2.23. The maximum Gasteiger partial charge on any atom is 0.414 e. The summed E-state index contributed by atoms with van der Waals surface area (Å²) in [5.41, 5.74) is 3.24. The van der Waals surface area contributed by atoms with Gasteiger partial charge in [-0.05, 0) is 80.2 Å². The summed E-state index contributed by atoms with van der Waals surface area (Å²) >= 11 is 0. The zero-order valence-electron chi connectivity index (χ0n) is 26.1. The highest BCUT2D eigenvalue weighted by Crippen LogP contribution is 2.28. The molecule has 0 aliphatic carbocycles. The van der Waals surface area contributed by atoms with Crippen molar-refractivity contribution in [2.75, 3.05) is 40.4 Å². The van der Waals surface area contributed by atoms with Crippen LogP contribution in [0.25, 0.3) is 11.0 Å². The largest absolute Gasteiger partial charge is 0.493 e. The predicted molar refractivity (Wildman–Crippen MR) is 171 cm³/mol. The maximum absolute atomic E-state index is 12.6. The summed E-state index contributed by atoms with van der Waals surface area (Å²) in [6, 6.07) is 24.0. The molecule has 4 aromatic rings. The van der Waals surface area contributed by atoms with Gasteiger partial charge in [0.2, 0.25) is 5.91 Å². The number of nitrogens with one attached hydrogen (secondary N) is 1. The summed E-state index contributed by atoms with van der Waals surface area (Å²) in [4.78, 5) is 38.0. The van der Waals surface area contributed by atoms with Crippen molar-refractivity contribution < 1.29 is 38.8 Å². The van der Waals surface area contributed by atoms with Crippen molar-refractivity contribution in [2.45, 2.75) is 32.4 Å². The number of fused-ring (bicyclic) bond motifs is 1. The number of imidazole rings is 1. The normalized spacial score (nSPS) is 13.3. The van der Waals surface area contributed by atoms with Gasteiger partial charge >= 0.3 is 11.9 Å². The number of carboxylic acid groups (broad SMARTS) is 2. The number of hydrogen-bond acceptors (Lipinski definition) is 8. The Kier molecular flexibility index (Phi) is 12.4. The summed E-state index contributed by atoms with van der Waals surface area (Å²) < 4.78 is 19.0. The minimum Gasteiger partial charge on any atom is -0.493 e. The number of rotatable bonds is 12. The highest BCUT2D eigenvalue weighted by molar-refractivity contribution is 6.27. The standard InChI is InChI=1S/C32H38N4O4.C2H2O4/c1-38-29-13-12-24(20-30(29)39-2)14-17-33-32(37)22-35-18-15-25(16-19-35)21-36-28-11-7-6-10-27(28)34-31(36)23-40-26-8-4-3-5-9-26;3-1(4)2(5)6/h3-13,20,25H,14-19,21-23H2,1-2H3,(H,33,37);(H,3,4)(H,5,6). The van der Waals surface area contributed by atoms with Crippen molar-refractivity contribution in [3.05, 3.63) is 84.2 Å². The Hall–Kier alpha value is -5.10. The SMILES string of the molecule is COc1ccc(CCNC(=O)CN2CCC(Cn3c(COc4ccccc4)nc4ccccc43)CC2)cc1OC.O=C(O)C(=O)O. The van der Waals surface area contributed by atoms with Crippen LogP contribution in [0.3, 0.4) is 0 Å². The molecule has 12 heteroatoms. The molecule has 0 unspecified atom stereocenters. The van der Waals surface area contributed by atoms with Gasteiger partial charge in [-0.3, -0.25) is 9.69 Å². The summed E-state index contributed by atoms with van der Waals surface area (Å²) in [5.74, 6) is 0.144. The van der Waals surface area contributed by atoms with Crippen LogP contribution in [0.4, 0.5) is 0 Å². The van der Waals surface area contributed by atoms with E-state index in [1.54, 1.807) is 14.2 Å². The number of ether oxygens (including phenoxy) is 3. The van der Waals surface area contributed by atoms with Crippen molar-refractivity contribution in [1.82, 2.24) is 19.8 Å². The quantitative estimate of drug-likeness (QED) is 0.196. The number of aromatic nitrogens is 2. The van der Waals surface area contributed by atoms with E-state index in [1.807, 2.05) is 54.6 Å². The third kappa shape index (κ3) is 9.70. The zero-order valence-corrected chi connectivity index (χ0v) is 26.1. The van der Waals surface area contributed by atoms with Gasteiger partial charge < -0.3 is 34.3 Å². The van der Waals surface area contributed by atoms with Crippen LogP contribution in [0.5, 0.6) is 17.2 Å². The fourth-order valence-electron chi connectivity index (χ4n) is 5.33. The number of piperidine rings is 1. The van der Waals surface area contributed by atoms with Crippen LogP contribution in [0.15, 0.2) is 72.8 Å². The van der Waals surface area contributed by atoms with Crippen LogP contribution in [0, 0.1) is 5.92 Å². The van der Waals surface area contributed by atoms with Crippen LogP contribution < -0.4 is 19.5 Å². The first kappa shape index (κ1) is 33.8. The Morgan fingerprint density at radius 3 is 2.24 bits per heavy atom. The monoisotopic (exact) mass is 632 g/mol. The second kappa shape index (κ2) is 16.8. The third-order valence-electron chi connectivity index (χ3n) is 7.73. The number of benzene rings is 3. The number of hydrogen-bond donors (Lipinski definition) is 3. The van der Waals surface area contributed by atoms with Crippen molar-refractivity contribution in [3.8, 4) is 17.2 Å². The molecule has 1 aliphatic rings. The van der Waals surface area contributed by atoms with Gasteiger partial charge in [0.15, 0.2) is 11.5 Å². The van der Waals surface area contributed by atoms with E-state index < -0.39 is 11.9 Å². The minimum absolute atomic E-state index is 0.0693. The first-order valence-electron chi connectivity index (χ1n) is 15.1. The molecule has 1 aromatic heterocycles. The second-order valence-electron chi connectivity index (χ2n) is 10.8. The van der Waals surface area contributed by atoms with Gasteiger partial charge in [-0.15, -0.1) is 0 Å². The summed E-state index contributed by atoms with van der Waals surface area (Å²) in [7, 11) is 3.25. The minimum atomic E-state index is -1.82. The summed E-state index contributed by atoms with van der Waals surface area (Å²) in [6.07, 6.45) is 2.83. The van der Waals surface area contributed by atoms with Crippen molar-refractivity contribution in [2.24, 2.45) is 5.92 Å². The Labute approximate surface area is 267 Å². The Morgan fingerprint density at radius 2 is 1.57 bits per heavy atom.